The highest BCUT2D eigenvalue weighted by Gasteiger charge is 2.17. The number of halogens is 1. The van der Waals surface area contributed by atoms with E-state index < -0.39 is 0 Å². The summed E-state index contributed by atoms with van der Waals surface area (Å²) in [5, 5.41) is 2.80. The van der Waals surface area contributed by atoms with Crippen LogP contribution in [-0.4, -0.2) is 17.4 Å². The van der Waals surface area contributed by atoms with E-state index >= 15 is 0 Å². The monoisotopic (exact) mass is 267 g/mol. The predicted octanol–water partition coefficient (Wildman–Crippen LogP) is 2.98. The molecule has 2 rings (SSSR count). The van der Waals surface area contributed by atoms with Crippen LogP contribution in [0.15, 0.2) is 24.3 Å². The van der Waals surface area contributed by atoms with Gasteiger partial charge in [-0.25, -0.2) is 4.39 Å². The van der Waals surface area contributed by atoms with Crippen molar-refractivity contribution in [1.82, 2.24) is 5.32 Å². The molecule has 1 saturated heterocycles. The Morgan fingerprint density at radius 2 is 2.06 bits per heavy atom. The number of benzene rings is 1. The third-order valence-electron chi connectivity index (χ3n) is 3.25. The zero-order chi connectivity index (χ0) is 12.8. The minimum absolute atomic E-state index is 0.0372. The maximum atomic E-state index is 13.3. The van der Waals surface area contributed by atoms with Crippen molar-refractivity contribution in [3.63, 3.8) is 0 Å². The van der Waals surface area contributed by atoms with Gasteiger partial charge in [0.05, 0.1) is 0 Å². The molecule has 1 heterocycles. The van der Waals surface area contributed by atoms with Crippen LogP contribution in [0.3, 0.4) is 0 Å². The molecule has 1 aromatic carbocycles. The summed E-state index contributed by atoms with van der Waals surface area (Å²) in [5.74, 6) is 2.60. The molecule has 4 heteroatoms. The summed E-state index contributed by atoms with van der Waals surface area (Å²) in [6, 6.07) is 6.55. The first kappa shape index (κ1) is 13.4. The maximum Gasteiger partial charge on any atom is 0.220 e. The summed E-state index contributed by atoms with van der Waals surface area (Å²) in [4.78, 5) is 11.8. The maximum absolute atomic E-state index is 13.3. The first-order chi connectivity index (χ1) is 8.75. The van der Waals surface area contributed by atoms with Gasteiger partial charge in [-0.3, -0.25) is 4.79 Å². The van der Waals surface area contributed by atoms with Crippen LogP contribution in [0, 0.1) is 11.7 Å². The molecule has 0 spiro atoms. The molecule has 1 amide bonds. The van der Waals surface area contributed by atoms with Gasteiger partial charge in [0.15, 0.2) is 0 Å². The topological polar surface area (TPSA) is 29.1 Å². The zero-order valence-corrected chi connectivity index (χ0v) is 11.1. The first-order valence-corrected chi connectivity index (χ1v) is 7.49. The second-order valence-corrected chi connectivity index (χ2v) is 5.85. The number of carbonyl (C=O) groups excluding carboxylic acids is 1. The van der Waals surface area contributed by atoms with Crippen LogP contribution < -0.4 is 5.32 Å². The summed E-state index contributed by atoms with van der Waals surface area (Å²) < 4.78 is 13.3. The van der Waals surface area contributed by atoms with Crippen molar-refractivity contribution in [2.75, 3.05) is 11.5 Å². The molecule has 18 heavy (non-hydrogen) atoms. The fourth-order valence-corrected chi connectivity index (χ4v) is 3.32. The summed E-state index contributed by atoms with van der Waals surface area (Å²) in [5.41, 5.74) is 0.546. The Balaban J connectivity index is 1.76. The lowest BCUT2D eigenvalue weighted by molar-refractivity contribution is -0.122. The van der Waals surface area contributed by atoms with Crippen molar-refractivity contribution in [3.05, 3.63) is 35.6 Å². The minimum Gasteiger partial charge on any atom is -0.352 e. The molecule has 0 atom stereocenters. The van der Waals surface area contributed by atoms with E-state index in [-0.39, 0.29) is 18.3 Å². The standard InChI is InChI=1S/C14H18FNOS/c15-13-4-2-1-3-12(13)10-16-14(17)9-11-5-7-18-8-6-11/h1-4,11H,5-10H2,(H,16,17). The summed E-state index contributed by atoms with van der Waals surface area (Å²) in [6.45, 7) is 0.285. The van der Waals surface area contributed by atoms with E-state index in [4.69, 9.17) is 0 Å². The van der Waals surface area contributed by atoms with Crippen LogP contribution in [0.4, 0.5) is 4.39 Å². The van der Waals surface area contributed by atoms with Crippen molar-refractivity contribution in [3.8, 4) is 0 Å². The van der Waals surface area contributed by atoms with Gasteiger partial charge in [-0.1, -0.05) is 18.2 Å². The number of rotatable bonds is 4. The van der Waals surface area contributed by atoms with Gasteiger partial charge in [0.25, 0.3) is 0 Å². The molecule has 0 aromatic heterocycles. The number of hydrogen-bond donors (Lipinski definition) is 1. The molecule has 1 N–H and O–H groups in total. The van der Waals surface area contributed by atoms with Crippen molar-refractivity contribution in [2.24, 2.45) is 5.92 Å². The smallest absolute Gasteiger partial charge is 0.220 e. The lowest BCUT2D eigenvalue weighted by Gasteiger charge is -2.20. The molecule has 1 aromatic rings. The summed E-state index contributed by atoms with van der Waals surface area (Å²) in [6.07, 6.45) is 2.82. The van der Waals surface area contributed by atoms with Gasteiger partial charge in [0, 0.05) is 18.5 Å². The van der Waals surface area contributed by atoms with Crippen molar-refractivity contribution in [2.45, 2.75) is 25.8 Å². The molecule has 0 saturated carbocycles. The first-order valence-electron chi connectivity index (χ1n) is 6.33. The highest BCUT2D eigenvalue weighted by molar-refractivity contribution is 7.99. The van der Waals surface area contributed by atoms with Gasteiger partial charge in [0.2, 0.25) is 5.91 Å². The molecule has 0 unspecified atom stereocenters. The quantitative estimate of drug-likeness (QED) is 0.908. The van der Waals surface area contributed by atoms with E-state index in [9.17, 15) is 9.18 Å². The normalized spacial score (nSPS) is 16.5. The van der Waals surface area contributed by atoms with Crippen LogP contribution in [0.25, 0.3) is 0 Å². The Morgan fingerprint density at radius 1 is 1.33 bits per heavy atom. The van der Waals surface area contributed by atoms with E-state index in [1.54, 1.807) is 18.2 Å². The van der Waals surface area contributed by atoms with Gasteiger partial charge in [-0.2, -0.15) is 11.8 Å². The molecular formula is C14H18FNOS. The second-order valence-electron chi connectivity index (χ2n) is 4.63. The third kappa shape index (κ3) is 4.02. The number of nitrogens with one attached hydrogen (secondary N) is 1. The minimum atomic E-state index is -0.258. The number of carbonyl (C=O) groups is 1. The average Bonchev–Trinajstić information content (AvgIpc) is 2.39. The highest BCUT2D eigenvalue weighted by Crippen LogP contribution is 2.25. The predicted molar refractivity (Wildman–Crippen MR) is 72.9 cm³/mol. The fraction of sp³-hybridized carbons (Fsp3) is 0.500. The van der Waals surface area contributed by atoms with E-state index in [1.165, 1.54) is 6.07 Å². The Labute approximate surface area is 111 Å². The van der Waals surface area contributed by atoms with E-state index in [0.29, 0.717) is 17.9 Å². The number of thioether (sulfide) groups is 1. The Morgan fingerprint density at radius 3 is 2.78 bits per heavy atom. The Hall–Kier alpha value is -1.03. The number of hydrogen-bond acceptors (Lipinski definition) is 2. The fourth-order valence-electron chi connectivity index (χ4n) is 2.12. The molecule has 98 valence electrons. The number of amides is 1. The van der Waals surface area contributed by atoms with Crippen LogP contribution in [-0.2, 0) is 11.3 Å². The largest absolute Gasteiger partial charge is 0.352 e. The van der Waals surface area contributed by atoms with E-state index in [0.717, 1.165) is 24.3 Å². The lowest BCUT2D eigenvalue weighted by atomic mass is 9.98. The average molecular weight is 267 g/mol. The van der Waals surface area contributed by atoms with Gasteiger partial charge >= 0.3 is 0 Å². The van der Waals surface area contributed by atoms with Gasteiger partial charge in [0.1, 0.15) is 5.82 Å². The lowest BCUT2D eigenvalue weighted by Crippen LogP contribution is -2.26. The SMILES string of the molecule is O=C(CC1CCSCC1)NCc1ccccc1F. The molecule has 1 aliphatic rings. The molecule has 1 fully saturated rings. The van der Waals surface area contributed by atoms with Crippen LogP contribution in [0.1, 0.15) is 24.8 Å². The van der Waals surface area contributed by atoms with Crippen molar-refractivity contribution in [1.29, 1.82) is 0 Å². The van der Waals surface area contributed by atoms with Gasteiger partial charge in [-0.15, -0.1) is 0 Å². The van der Waals surface area contributed by atoms with E-state index in [1.807, 2.05) is 11.8 Å². The van der Waals surface area contributed by atoms with E-state index in [2.05, 4.69) is 5.32 Å². The second kappa shape index (κ2) is 6.78. The molecular weight excluding hydrogens is 249 g/mol. The molecule has 0 bridgehead atoms. The highest BCUT2D eigenvalue weighted by atomic mass is 32.2. The summed E-state index contributed by atoms with van der Waals surface area (Å²) >= 11 is 1.96. The molecule has 2 nitrogen and oxygen atoms in total. The Bertz CT molecular complexity index is 405. The van der Waals surface area contributed by atoms with Crippen LogP contribution >= 0.6 is 11.8 Å². The summed E-state index contributed by atoms with van der Waals surface area (Å²) in [7, 11) is 0. The van der Waals surface area contributed by atoms with Gasteiger partial charge < -0.3 is 5.32 Å². The Kier molecular flexibility index (Phi) is 5.05. The van der Waals surface area contributed by atoms with Crippen LogP contribution in [0.5, 0.6) is 0 Å². The van der Waals surface area contributed by atoms with Gasteiger partial charge in [-0.05, 0) is 36.3 Å². The third-order valence-corrected chi connectivity index (χ3v) is 4.30. The zero-order valence-electron chi connectivity index (χ0n) is 10.3. The molecule has 0 radical (unpaired) electrons. The van der Waals surface area contributed by atoms with Crippen molar-refractivity contribution < 1.29 is 9.18 Å². The van der Waals surface area contributed by atoms with Crippen molar-refractivity contribution >= 4 is 17.7 Å². The molecule has 1 aliphatic heterocycles. The van der Waals surface area contributed by atoms with Crippen LogP contribution in [0.2, 0.25) is 0 Å². The molecule has 0 aliphatic carbocycles.